The molecule has 3 aromatic rings. The summed E-state index contributed by atoms with van der Waals surface area (Å²) < 4.78 is 12.0. The number of rotatable bonds is 8. The van der Waals surface area contributed by atoms with E-state index in [1.807, 2.05) is 43.3 Å². The molecule has 5 rings (SSSR count). The van der Waals surface area contributed by atoms with Crippen LogP contribution in [0.4, 0.5) is 11.4 Å². The molecule has 2 heterocycles. The van der Waals surface area contributed by atoms with Gasteiger partial charge in [0.2, 0.25) is 0 Å². The third kappa shape index (κ3) is 6.33. The highest BCUT2D eigenvalue weighted by molar-refractivity contribution is 6.30. The number of nitrogens with one attached hydrogen (secondary N) is 1. The van der Waals surface area contributed by atoms with Crippen molar-refractivity contribution in [3.63, 3.8) is 0 Å². The number of ether oxygens (including phenoxy) is 2. The highest BCUT2D eigenvalue weighted by atomic mass is 35.5. The summed E-state index contributed by atoms with van der Waals surface area (Å²) in [6.45, 7) is 6.28. The third-order valence-corrected chi connectivity index (χ3v) is 7.96. The Kier molecular flexibility index (Phi) is 9.04. The van der Waals surface area contributed by atoms with Gasteiger partial charge in [0.25, 0.3) is 11.8 Å². The molecule has 0 aromatic heterocycles. The highest BCUT2D eigenvalue weighted by Gasteiger charge is 2.29. The molecule has 1 saturated heterocycles. The van der Waals surface area contributed by atoms with E-state index in [1.165, 1.54) is 20.0 Å². The summed E-state index contributed by atoms with van der Waals surface area (Å²) in [6, 6.07) is 18.2. The number of carbonyl (C=O) groups excluding carboxylic acids is 2. The Morgan fingerprint density at radius 3 is 2.55 bits per heavy atom. The molecule has 2 aliphatic rings. The largest absolute Gasteiger partial charge is 0.496 e. The second kappa shape index (κ2) is 12.9. The first-order chi connectivity index (χ1) is 19.4. The lowest BCUT2D eigenvalue weighted by Gasteiger charge is -2.25. The second-order valence-electron chi connectivity index (χ2n) is 10.4. The van der Waals surface area contributed by atoms with Crippen LogP contribution in [0.1, 0.15) is 63.6 Å². The molecular weight excluding hydrogens is 526 g/mol. The van der Waals surface area contributed by atoms with E-state index in [2.05, 4.69) is 10.2 Å². The fraction of sp³-hybridized carbons (Fsp3) is 0.375. The first-order valence-corrected chi connectivity index (χ1v) is 14.3. The Morgan fingerprint density at radius 1 is 0.975 bits per heavy atom. The van der Waals surface area contributed by atoms with Gasteiger partial charge in [-0.1, -0.05) is 29.8 Å². The Hall–Kier alpha value is -3.39. The average molecular weight is 562 g/mol. The van der Waals surface area contributed by atoms with E-state index < -0.39 is 0 Å². The molecule has 0 spiro atoms. The van der Waals surface area contributed by atoms with E-state index in [4.69, 9.17) is 21.1 Å². The summed E-state index contributed by atoms with van der Waals surface area (Å²) >= 11 is 6.42. The van der Waals surface area contributed by atoms with Crippen molar-refractivity contribution in [3.05, 3.63) is 87.9 Å². The summed E-state index contributed by atoms with van der Waals surface area (Å²) in [5.74, 6) is 0.00834. The van der Waals surface area contributed by atoms with Crippen molar-refractivity contribution >= 4 is 34.8 Å². The molecule has 1 fully saturated rings. The number of fused-ring (bicyclic) bond motifs is 1. The van der Waals surface area contributed by atoms with Crippen LogP contribution >= 0.6 is 11.6 Å². The average Bonchev–Trinajstić information content (AvgIpc) is 3.41. The number of hydrogen-bond acceptors (Lipinski definition) is 5. The molecular formula is C32H36ClN3O4. The predicted octanol–water partition coefficient (Wildman–Crippen LogP) is 6.50. The minimum Gasteiger partial charge on any atom is -0.496 e. The van der Waals surface area contributed by atoms with Crippen molar-refractivity contribution in [3.8, 4) is 5.75 Å². The zero-order chi connectivity index (χ0) is 28.1. The minimum atomic E-state index is -0.215. The Balaban J connectivity index is 1.36. The lowest BCUT2D eigenvalue weighted by Crippen LogP contribution is -2.32. The molecule has 0 radical (unpaired) electrons. The first kappa shape index (κ1) is 28.1. The molecule has 40 heavy (non-hydrogen) atoms. The smallest absolute Gasteiger partial charge is 0.262 e. The Morgan fingerprint density at radius 2 is 1.77 bits per heavy atom. The molecule has 0 aliphatic carbocycles. The highest BCUT2D eigenvalue weighted by Crippen LogP contribution is 2.38. The second-order valence-corrected chi connectivity index (χ2v) is 10.8. The van der Waals surface area contributed by atoms with Crippen LogP contribution in [0, 0.1) is 6.92 Å². The van der Waals surface area contributed by atoms with Gasteiger partial charge in [-0.3, -0.25) is 9.59 Å². The maximum atomic E-state index is 14.0. The molecule has 0 bridgehead atoms. The summed E-state index contributed by atoms with van der Waals surface area (Å²) in [7, 11) is 1.53. The van der Waals surface area contributed by atoms with Gasteiger partial charge < -0.3 is 24.6 Å². The van der Waals surface area contributed by atoms with Crippen molar-refractivity contribution < 1.29 is 19.1 Å². The van der Waals surface area contributed by atoms with Gasteiger partial charge in [0.05, 0.1) is 25.4 Å². The Bertz CT molecular complexity index is 1370. The number of nitrogens with zero attached hydrogens (tertiary/aromatic N) is 2. The first-order valence-electron chi connectivity index (χ1n) is 13.9. The van der Waals surface area contributed by atoms with Crippen molar-refractivity contribution in [1.29, 1.82) is 0 Å². The van der Waals surface area contributed by atoms with Gasteiger partial charge >= 0.3 is 0 Å². The Labute approximate surface area is 241 Å². The molecule has 8 heteroatoms. The van der Waals surface area contributed by atoms with Crippen LogP contribution in [-0.4, -0.2) is 56.6 Å². The number of amides is 2. The van der Waals surface area contributed by atoms with Gasteiger partial charge in [0.15, 0.2) is 0 Å². The SMILES string of the molecule is COc1cc(NC(=O)c2ccccc2C)ccc1C(=O)N1CCCC(OCCN2CCCC2)c2cc(Cl)ccc21. The van der Waals surface area contributed by atoms with E-state index in [1.54, 1.807) is 29.2 Å². The van der Waals surface area contributed by atoms with Gasteiger partial charge in [-0.05, 0) is 87.7 Å². The lowest BCUT2D eigenvalue weighted by atomic mass is 10.0. The van der Waals surface area contributed by atoms with E-state index in [0.29, 0.717) is 40.7 Å². The van der Waals surface area contributed by atoms with E-state index >= 15 is 0 Å². The maximum absolute atomic E-state index is 14.0. The van der Waals surface area contributed by atoms with Gasteiger partial charge in [0, 0.05) is 46.7 Å². The zero-order valence-corrected chi connectivity index (χ0v) is 23.9. The van der Waals surface area contributed by atoms with Crippen molar-refractivity contribution in [2.75, 3.05) is 50.1 Å². The van der Waals surface area contributed by atoms with Crippen molar-refractivity contribution in [1.82, 2.24) is 4.90 Å². The van der Waals surface area contributed by atoms with Crippen LogP contribution in [0.5, 0.6) is 5.75 Å². The maximum Gasteiger partial charge on any atom is 0.262 e. The zero-order valence-electron chi connectivity index (χ0n) is 23.1. The van der Waals surface area contributed by atoms with Gasteiger partial charge in [-0.2, -0.15) is 0 Å². The quantitative estimate of drug-likeness (QED) is 0.340. The topological polar surface area (TPSA) is 71.1 Å². The molecule has 1 atom stereocenters. The van der Waals surface area contributed by atoms with Gasteiger partial charge in [-0.15, -0.1) is 0 Å². The van der Waals surface area contributed by atoms with Crippen LogP contribution in [0.25, 0.3) is 0 Å². The number of carbonyl (C=O) groups is 2. The van der Waals surface area contributed by atoms with Crippen LogP contribution < -0.4 is 15.0 Å². The summed E-state index contributed by atoms with van der Waals surface area (Å²) in [6.07, 6.45) is 3.97. The summed E-state index contributed by atoms with van der Waals surface area (Å²) in [4.78, 5) is 31.0. The number of aryl methyl sites for hydroxylation is 1. The minimum absolute atomic E-state index is 0.130. The normalized spacial score (nSPS) is 17.3. The van der Waals surface area contributed by atoms with Gasteiger partial charge in [-0.25, -0.2) is 0 Å². The van der Waals surface area contributed by atoms with Crippen LogP contribution in [-0.2, 0) is 4.74 Å². The van der Waals surface area contributed by atoms with E-state index in [-0.39, 0.29) is 17.9 Å². The number of methoxy groups -OCH3 is 1. The third-order valence-electron chi connectivity index (χ3n) is 7.73. The van der Waals surface area contributed by atoms with E-state index in [9.17, 15) is 9.59 Å². The number of hydrogen-bond donors (Lipinski definition) is 1. The molecule has 2 amide bonds. The number of halogens is 1. The van der Waals surface area contributed by atoms with E-state index in [0.717, 1.165) is 49.3 Å². The van der Waals surface area contributed by atoms with Crippen LogP contribution in [0.15, 0.2) is 60.7 Å². The fourth-order valence-electron chi connectivity index (χ4n) is 5.57. The van der Waals surface area contributed by atoms with Gasteiger partial charge in [0.1, 0.15) is 5.75 Å². The molecule has 1 unspecified atom stereocenters. The number of anilines is 2. The predicted molar refractivity (Wildman–Crippen MR) is 159 cm³/mol. The molecule has 0 saturated carbocycles. The monoisotopic (exact) mass is 561 g/mol. The lowest BCUT2D eigenvalue weighted by molar-refractivity contribution is 0.0354. The molecule has 1 N–H and O–H groups in total. The number of benzene rings is 3. The van der Waals surface area contributed by atoms with Crippen LogP contribution in [0.2, 0.25) is 5.02 Å². The van der Waals surface area contributed by atoms with Crippen molar-refractivity contribution in [2.45, 2.75) is 38.7 Å². The molecule has 2 aliphatic heterocycles. The number of likely N-dealkylation sites (tertiary alicyclic amines) is 1. The molecule has 210 valence electrons. The van der Waals surface area contributed by atoms with Crippen molar-refractivity contribution in [2.24, 2.45) is 0 Å². The standard InChI is InChI=1S/C32H36ClN3O4/c1-22-8-3-4-9-25(22)31(37)34-24-12-13-26(30(21-24)39-2)32(38)36-17-7-10-29(27-20-23(33)11-14-28(27)36)40-19-18-35-15-5-6-16-35/h3-4,8-9,11-14,20-21,29H,5-7,10,15-19H2,1-2H3,(H,34,37). The fourth-order valence-corrected chi connectivity index (χ4v) is 5.75. The molecule has 7 nitrogen and oxygen atoms in total. The van der Waals surface area contributed by atoms with Crippen LogP contribution in [0.3, 0.4) is 0 Å². The molecule has 3 aromatic carbocycles. The summed E-state index contributed by atoms with van der Waals surface area (Å²) in [5.41, 5.74) is 4.19. The summed E-state index contributed by atoms with van der Waals surface area (Å²) in [5, 5.41) is 3.54.